The fraction of sp³-hybridized carbons (Fsp3) is 0.214. The van der Waals surface area contributed by atoms with Crippen LogP contribution in [0.5, 0.6) is 0 Å². The molecule has 17 heavy (non-hydrogen) atoms. The Kier molecular flexibility index (Phi) is 4.13. The van der Waals surface area contributed by atoms with Crippen molar-refractivity contribution in [2.45, 2.75) is 19.5 Å². The van der Waals surface area contributed by atoms with Crippen LogP contribution in [-0.4, -0.2) is 4.98 Å². The lowest BCUT2D eigenvalue weighted by atomic mass is 10.2. The van der Waals surface area contributed by atoms with E-state index in [1.165, 1.54) is 0 Å². The van der Waals surface area contributed by atoms with Gasteiger partial charge in [-0.05, 0) is 30.7 Å². The predicted molar refractivity (Wildman–Crippen MR) is 70.9 cm³/mol. The monoisotopic (exact) mass is 246 g/mol. The summed E-state index contributed by atoms with van der Waals surface area (Å²) in [6.45, 7) is 2.84. The summed E-state index contributed by atoms with van der Waals surface area (Å²) in [6.07, 6.45) is 1.81. The highest BCUT2D eigenvalue weighted by Crippen LogP contribution is 2.16. The van der Waals surface area contributed by atoms with Crippen molar-refractivity contribution < 1.29 is 0 Å². The first-order valence-electron chi connectivity index (χ1n) is 5.65. The maximum absolute atomic E-state index is 6.10. The van der Waals surface area contributed by atoms with Crippen molar-refractivity contribution in [1.29, 1.82) is 0 Å². The van der Waals surface area contributed by atoms with Gasteiger partial charge in [0, 0.05) is 23.8 Å². The van der Waals surface area contributed by atoms with Crippen LogP contribution >= 0.6 is 11.6 Å². The molecular weight excluding hydrogens is 232 g/mol. The second-order valence-corrected chi connectivity index (χ2v) is 4.36. The summed E-state index contributed by atoms with van der Waals surface area (Å²) in [5.74, 6) is 0. The first-order valence-corrected chi connectivity index (χ1v) is 6.03. The van der Waals surface area contributed by atoms with Crippen LogP contribution in [-0.2, 0) is 6.54 Å². The molecule has 0 fully saturated rings. The van der Waals surface area contributed by atoms with E-state index in [1.54, 1.807) is 0 Å². The Hall–Kier alpha value is -1.38. The zero-order valence-corrected chi connectivity index (χ0v) is 10.5. The maximum atomic E-state index is 6.10. The van der Waals surface area contributed by atoms with E-state index in [4.69, 9.17) is 11.6 Å². The first-order chi connectivity index (χ1) is 8.27. The van der Waals surface area contributed by atoms with Gasteiger partial charge in [0.05, 0.1) is 5.69 Å². The Morgan fingerprint density at radius 2 is 1.94 bits per heavy atom. The van der Waals surface area contributed by atoms with Crippen LogP contribution in [0.25, 0.3) is 0 Å². The van der Waals surface area contributed by atoms with E-state index in [1.807, 2.05) is 48.7 Å². The predicted octanol–water partition coefficient (Wildman–Crippen LogP) is 3.59. The molecule has 0 amide bonds. The van der Waals surface area contributed by atoms with E-state index in [9.17, 15) is 0 Å². The van der Waals surface area contributed by atoms with E-state index >= 15 is 0 Å². The number of benzene rings is 1. The summed E-state index contributed by atoms with van der Waals surface area (Å²) in [6, 6.07) is 14.0. The number of pyridine rings is 1. The largest absolute Gasteiger partial charge is 0.305 e. The molecule has 1 heterocycles. The van der Waals surface area contributed by atoms with E-state index in [-0.39, 0.29) is 6.04 Å². The topological polar surface area (TPSA) is 24.9 Å². The van der Waals surface area contributed by atoms with Gasteiger partial charge in [-0.25, -0.2) is 0 Å². The van der Waals surface area contributed by atoms with Gasteiger partial charge in [-0.3, -0.25) is 4.98 Å². The van der Waals surface area contributed by atoms with Gasteiger partial charge >= 0.3 is 0 Å². The van der Waals surface area contributed by atoms with Gasteiger partial charge in [0.25, 0.3) is 0 Å². The van der Waals surface area contributed by atoms with Gasteiger partial charge in [0.15, 0.2) is 0 Å². The standard InChI is InChI=1S/C14H15ClN2/c1-11(14-8-4-5-9-16-14)17-10-12-6-2-3-7-13(12)15/h2-9,11,17H,10H2,1H3/t11-/m1/s1. The van der Waals surface area contributed by atoms with Crippen molar-refractivity contribution >= 4 is 11.6 Å². The molecule has 2 rings (SSSR count). The average Bonchev–Trinajstić information content (AvgIpc) is 2.38. The van der Waals surface area contributed by atoms with Gasteiger partial charge in [-0.2, -0.15) is 0 Å². The quantitative estimate of drug-likeness (QED) is 0.892. The third kappa shape index (κ3) is 3.29. The van der Waals surface area contributed by atoms with Crippen molar-refractivity contribution in [3.8, 4) is 0 Å². The normalized spacial score (nSPS) is 12.4. The Morgan fingerprint density at radius 3 is 2.65 bits per heavy atom. The number of halogens is 1. The van der Waals surface area contributed by atoms with Crippen LogP contribution in [0.4, 0.5) is 0 Å². The fourth-order valence-electron chi connectivity index (χ4n) is 1.64. The van der Waals surface area contributed by atoms with E-state index in [0.29, 0.717) is 0 Å². The molecule has 0 aliphatic heterocycles. The van der Waals surface area contributed by atoms with Crippen molar-refractivity contribution in [2.24, 2.45) is 0 Å². The third-order valence-corrected chi connectivity index (χ3v) is 3.06. The molecule has 88 valence electrons. The summed E-state index contributed by atoms with van der Waals surface area (Å²) in [7, 11) is 0. The molecule has 1 N–H and O–H groups in total. The molecule has 0 saturated carbocycles. The van der Waals surface area contributed by atoms with Crippen LogP contribution in [0.15, 0.2) is 48.7 Å². The SMILES string of the molecule is C[C@@H](NCc1ccccc1Cl)c1ccccn1. The molecule has 0 spiro atoms. The highest BCUT2D eigenvalue weighted by Gasteiger charge is 2.06. The van der Waals surface area contributed by atoms with Crippen LogP contribution < -0.4 is 5.32 Å². The highest BCUT2D eigenvalue weighted by atomic mass is 35.5. The lowest BCUT2D eigenvalue weighted by molar-refractivity contribution is 0.561. The van der Waals surface area contributed by atoms with Crippen molar-refractivity contribution in [3.63, 3.8) is 0 Å². The highest BCUT2D eigenvalue weighted by molar-refractivity contribution is 6.31. The molecule has 1 atom stereocenters. The van der Waals surface area contributed by atoms with Crippen molar-refractivity contribution in [1.82, 2.24) is 10.3 Å². The van der Waals surface area contributed by atoms with Gasteiger partial charge in [-0.1, -0.05) is 35.9 Å². The molecular formula is C14H15ClN2. The van der Waals surface area contributed by atoms with Gasteiger partial charge in [0.2, 0.25) is 0 Å². The van der Waals surface area contributed by atoms with Gasteiger partial charge < -0.3 is 5.32 Å². The zero-order chi connectivity index (χ0) is 12.1. The molecule has 3 heteroatoms. The molecule has 0 unspecified atom stereocenters. The molecule has 2 nitrogen and oxygen atoms in total. The van der Waals surface area contributed by atoms with Crippen molar-refractivity contribution in [2.75, 3.05) is 0 Å². The lowest BCUT2D eigenvalue weighted by Gasteiger charge is -2.13. The fourth-order valence-corrected chi connectivity index (χ4v) is 1.84. The minimum absolute atomic E-state index is 0.215. The Morgan fingerprint density at radius 1 is 1.18 bits per heavy atom. The third-order valence-electron chi connectivity index (χ3n) is 2.69. The molecule has 0 radical (unpaired) electrons. The number of hydrogen-bond donors (Lipinski definition) is 1. The average molecular weight is 247 g/mol. The van der Waals surface area contributed by atoms with Gasteiger partial charge in [-0.15, -0.1) is 0 Å². The van der Waals surface area contributed by atoms with Crippen LogP contribution in [0.1, 0.15) is 24.2 Å². The van der Waals surface area contributed by atoms with Crippen molar-refractivity contribution in [3.05, 3.63) is 64.9 Å². The van der Waals surface area contributed by atoms with Crippen LogP contribution in [0.3, 0.4) is 0 Å². The van der Waals surface area contributed by atoms with Crippen LogP contribution in [0.2, 0.25) is 5.02 Å². The Balaban J connectivity index is 1.97. The molecule has 1 aromatic carbocycles. The Labute approximate surface area is 107 Å². The minimum atomic E-state index is 0.215. The van der Waals surface area contributed by atoms with Gasteiger partial charge in [0.1, 0.15) is 0 Å². The lowest BCUT2D eigenvalue weighted by Crippen LogP contribution is -2.19. The summed E-state index contributed by atoms with van der Waals surface area (Å²) >= 11 is 6.10. The number of rotatable bonds is 4. The maximum Gasteiger partial charge on any atom is 0.0570 e. The number of nitrogens with one attached hydrogen (secondary N) is 1. The molecule has 0 saturated heterocycles. The number of aromatic nitrogens is 1. The molecule has 0 aliphatic rings. The molecule has 0 bridgehead atoms. The zero-order valence-electron chi connectivity index (χ0n) is 9.73. The second kappa shape index (κ2) is 5.80. The van der Waals surface area contributed by atoms with E-state index in [0.717, 1.165) is 22.8 Å². The first kappa shape index (κ1) is 12.1. The number of nitrogens with zero attached hydrogens (tertiary/aromatic N) is 1. The van der Waals surface area contributed by atoms with E-state index in [2.05, 4.69) is 17.2 Å². The van der Waals surface area contributed by atoms with Crippen LogP contribution in [0, 0.1) is 0 Å². The summed E-state index contributed by atoms with van der Waals surface area (Å²) in [5.41, 5.74) is 2.15. The summed E-state index contributed by atoms with van der Waals surface area (Å²) in [5, 5.41) is 4.21. The number of hydrogen-bond acceptors (Lipinski definition) is 2. The smallest absolute Gasteiger partial charge is 0.0570 e. The summed E-state index contributed by atoms with van der Waals surface area (Å²) < 4.78 is 0. The van der Waals surface area contributed by atoms with E-state index < -0.39 is 0 Å². The molecule has 2 aromatic rings. The Bertz CT molecular complexity index is 471. The summed E-state index contributed by atoms with van der Waals surface area (Å²) in [4.78, 5) is 4.32. The molecule has 0 aliphatic carbocycles. The second-order valence-electron chi connectivity index (χ2n) is 3.95. The minimum Gasteiger partial charge on any atom is -0.305 e. The molecule has 1 aromatic heterocycles.